The number of rotatable bonds is 7. The van der Waals surface area contributed by atoms with Crippen LogP contribution in [0.4, 0.5) is 13.2 Å². The fraction of sp³-hybridized carbons (Fsp3) is 0.611. The van der Waals surface area contributed by atoms with Gasteiger partial charge >= 0.3 is 6.18 Å². The summed E-state index contributed by atoms with van der Waals surface area (Å²) < 4.78 is 43.4. The highest BCUT2D eigenvalue weighted by atomic mass is 127. The Hall–Kier alpha value is -0.880. The number of benzene rings is 1. The number of alkyl halides is 3. The number of hydrogen-bond donors (Lipinski definition) is 3. The zero-order valence-electron chi connectivity index (χ0n) is 15.7. The number of nitrogens with one attached hydrogen (secondary N) is 2. The molecule has 1 fully saturated rings. The summed E-state index contributed by atoms with van der Waals surface area (Å²) in [6.07, 6.45) is -3.10. The number of aliphatic imine (C=N–C) groups is 1. The van der Waals surface area contributed by atoms with Gasteiger partial charge in [0.2, 0.25) is 0 Å². The third-order valence-corrected chi connectivity index (χ3v) is 5.12. The average Bonchev–Trinajstić information content (AvgIpc) is 2.65. The highest BCUT2D eigenvalue weighted by Crippen LogP contribution is 2.31. The SMILES string of the molecule is CCNC(=NCC(O)COc1cccc(C(F)(F)F)c1)NC1CCCSC1.I. The van der Waals surface area contributed by atoms with Crippen molar-refractivity contribution in [2.24, 2.45) is 4.99 Å². The maximum Gasteiger partial charge on any atom is 0.416 e. The lowest BCUT2D eigenvalue weighted by molar-refractivity contribution is -0.137. The van der Waals surface area contributed by atoms with E-state index < -0.39 is 17.8 Å². The number of thioether (sulfide) groups is 1. The third-order valence-electron chi connectivity index (χ3n) is 3.91. The molecule has 0 spiro atoms. The van der Waals surface area contributed by atoms with Gasteiger partial charge in [-0.2, -0.15) is 24.9 Å². The van der Waals surface area contributed by atoms with Gasteiger partial charge in [-0.15, -0.1) is 24.0 Å². The molecule has 5 nitrogen and oxygen atoms in total. The van der Waals surface area contributed by atoms with E-state index in [1.165, 1.54) is 17.9 Å². The second kappa shape index (κ2) is 12.6. The van der Waals surface area contributed by atoms with Gasteiger partial charge in [0, 0.05) is 18.3 Å². The van der Waals surface area contributed by atoms with Crippen molar-refractivity contribution >= 4 is 41.7 Å². The average molecular weight is 533 g/mol. The first-order chi connectivity index (χ1) is 12.9. The number of ether oxygens (including phenoxy) is 1. The third kappa shape index (κ3) is 9.08. The zero-order chi connectivity index (χ0) is 19.7. The molecule has 1 saturated heterocycles. The molecule has 0 bridgehead atoms. The Labute approximate surface area is 184 Å². The van der Waals surface area contributed by atoms with Gasteiger partial charge in [-0.1, -0.05) is 6.07 Å². The van der Waals surface area contributed by atoms with Gasteiger partial charge in [0.1, 0.15) is 18.5 Å². The molecule has 160 valence electrons. The summed E-state index contributed by atoms with van der Waals surface area (Å²) in [5.41, 5.74) is -0.781. The van der Waals surface area contributed by atoms with E-state index in [0.29, 0.717) is 18.5 Å². The van der Waals surface area contributed by atoms with Gasteiger partial charge < -0.3 is 20.5 Å². The number of nitrogens with zero attached hydrogens (tertiary/aromatic N) is 1. The molecule has 2 unspecified atom stereocenters. The molecular weight excluding hydrogens is 506 g/mol. The molecule has 10 heteroatoms. The van der Waals surface area contributed by atoms with Crippen LogP contribution >= 0.6 is 35.7 Å². The van der Waals surface area contributed by atoms with Crippen LogP contribution in [-0.4, -0.2) is 54.4 Å². The molecule has 0 saturated carbocycles. The van der Waals surface area contributed by atoms with Crippen LogP contribution in [-0.2, 0) is 6.18 Å². The maximum absolute atomic E-state index is 12.7. The van der Waals surface area contributed by atoms with Crippen molar-refractivity contribution in [1.82, 2.24) is 10.6 Å². The van der Waals surface area contributed by atoms with Crippen molar-refractivity contribution in [1.29, 1.82) is 0 Å². The van der Waals surface area contributed by atoms with Crippen LogP contribution in [0.25, 0.3) is 0 Å². The lowest BCUT2D eigenvalue weighted by Crippen LogP contribution is -2.46. The lowest BCUT2D eigenvalue weighted by atomic mass is 10.2. The van der Waals surface area contributed by atoms with Crippen LogP contribution in [0.5, 0.6) is 5.75 Å². The Balaban J connectivity index is 0.00000392. The molecule has 1 aliphatic rings. The first kappa shape index (κ1) is 25.2. The summed E-state index contributed by atoms with van der Waals surface area (Å²) in [7, 11) is 0. The van der Waals surface area contributed by atoms with Gasteiger partial charge in [-0.25, -0.2) is 0 Å². The van der Waals surface area contributed by atoms with Crippen molar-refractivity contribution in [2.45, 2.75) is 38.1 Å². The summed E-state index contributed by atoms with van der Waals surface area (Å²) in [6.45, 7) is 2.61. The van der Waals surface area contributed by atoms with Crippen LogP contribution in [0.3, 0.4) is 0 Å². The quantitative estimate of drug-likeness (QED) is 0.285. The van der Waals surface area contributed by atoms with Crippen molar-refractivity contribution in [3.63, 3.8) is 0 Å². The molecule has 1 aromatic carbocycles. The van der Waals surface area contributed by atoms with Gasteiger partial charge in [0.05, 0.1) is 12.1 Å². The molecule has 2 rings (SSSR count). The van der Waals surface area contributed by atoms with E-state index in [2.05, 4.69) is 15.6 Å². The molecule has 0 aliphatic carbocycles. The van der Waals surface area contributed by atoms with Crippen molar-refractivity contribution in [2.75, 3.05) is 31.2 Å². The molecule has 2 atom stereocenters. The normalized spacial score (nSPS) is 18.8. The molecule has 0 amide bonds. The Morgan fingerprint density at radius 2 is 2.21 bits per heavy atom. The van der Waals surface area contributed by atoms with Crippen LogP contribution < -0.4 is 15.4 Å². The highest BCUT2D eigenvalue weighted by molar-refractivity contribution is 14.0. The predicted octanol–water partition coefficient (Wildman–Crippen LogP) is 3.51. The van der Waals surface area contributed by atoms with Crippen LogP contribution in [0, 0.1) is 0 Å². The molecule has 1 aromatic rings. The van der Waals surface area contributed by atoms with E-state index >= 15 is 0 Å². The number of aliphatic hydroxyl groups is 1. The smallest absolute Gasteiger partial charge is 0.416 e. The van der Waals surface area contributed by atoms with Crippen molar-refractivity contribution in [3.8, 4) is 5.75 Å². The molecule has 1 aliphatic heterocycles. The fourth-order valence-electron chi connectivity index (χ4n) is 2.57. The summed E-state index contributed by atoms with van der Waals surface area (Å²) in [6, 6.07) is 4.95. The van der Waals surface area contributed by atoms with Crippen LogP contribution in [0.2, 0.25) is 0 Å². The largest absolute Gasteiger partial charge is 0.491 e. The van der Waals surface area contributed by atoms with Gasteiger partial charge in [0.15, 0.2) is 5.96 Å². The standard InChI is InChI=1S/C18H26F3N3O2S.HI/c1-2-22-17(24-14-6-4-8-27-12-14)23-10-15(25)11-26-16-7-3-5-13(9-16)18(19,20)21;/h3,5,7,9,14-15,25H,2,4,6,8,10-12H2,1H3,(H2,22,23,24);1H. The lowest BCUT2D eigenvalue weighted by Gasteiger charge is -2.24. The highest BCUT2D eigenvalue weighted by Gasteiger charge is 2.30. The number of aliphatic hydroxyl groups excluding tert-OH is 1. The van der Waals surface area contributed by atoms with E-state index in [1.54, 1.807) is 0 Å². The first-order valence-corrected chi connectivity index (χ1v) is 10.1. The molecule has 28 heavy (non-hydrogen) atoms. The van der Waals surface area contributed by atoms with E-state index in [1.807, 2.05) is 18.7 Å². The van der Waals surface area contributed by atoms with E-state index in [-0.39, 0.29) is 42.9 Å². The van der Waals surface area contributed by atoms with E-state index in [9.17, 15) is 18.3 Å². The minimum atomic E-state index is -4.42. The Kier molecular flexibility index (Phi) is 11.4. The monoisotopic (exact) mass is 533 g/mol. The van der Waals surface area contributed by atoms with Gasteiger partial charge in [0.25, 0.3) is 0 Å². The van der Waals surface area contributed by atoms with Crippen molar-refractivity contribution < 1.29 is 23.0 Å². The summed E-state index contributed by atoms with van der Waals surface area (Å²) >= 11 is 1.90. The van der Waals surface area contributed by atoms with Gasteiger partial charge in [-0.3, -0.25) is 4.99 Å². The molecule has 3 N–H and O–H groups in total. The first-order valence-electron chi connectivity index (χ1n) is 8.99. The summed E-state index contributed by atoms with van der Waals surface area (Å²) in [5.74, 6) is 2.89. The molecular formula is C18H27F3IN3O2S. The van der Waals surface area contributed by atoms with Crippen LogP contribution in [0.15, 0.2) is 29.3 Å². The minimum Gasteiger partial charge on any atom is -0.491 e. The summed E-state index contributed by atoms with van der Waals surface area (Å²) in [5, 5.41) is 16.5. The summed E-state index contributed by atoms with van der Waals surface area (Å²) in [4.78, 5) is 4.35. The predicted molar refractivity (Wildman–Crippen MR) is 118 cm³/mol. The Bertz CT molecular complexity index is 614. The zero-order valence-corrected chi connectivity index (χ0v) is 18.8. The van der Waals surface area contributed by atoms with E-state index in [0.717, 1.165) is 30.7 Å². The number of halogens is 4. The second-order valence-corrected chi connectivity index (χ2v) is 7.42. The topological polar surface area (TPSA) is 65.9 Å². The molecule has 0 aromatic heterocycles. The minimum absolute atomic E-state index is 0. The van der Waals surface area contributed by atoms with Crippen LogP contribution in [0.1, 0.15) is 25.3 Å². The van der Waals surface area contributed by atoms with Crippen molar-refractivity contribution in [3.05, 3.63) is 29.8 Å². The maximum atomic E-state index is 12.7. The number of guanidine groups is 1. The molecule has 1 heterocycles. The fourth-order valence-corrected chi connectivity index (χ4v) is 3.64. The Morgan fingerprint density at radius 1 is 1.43 bits per heavy atom. The Morgan fingerprint density at radius 3 is 2.86 bits per heavy atom. The van der Waals surface area contributed by atoms with Gasteiger partial charge in [-0.05, 0) is 43.7 Å². The molecule has 0 radical (unpaired) electrons. The second-order valence-electron chi connectivity index (χ2n) is 6.27. The van der Waals surface area contributed by atoms with E-state index in [4.69, 9.17) is 4.74 Å². The number of hydrogen-bond acceptors (Lipinski definition) is 4.